The fourth-order valence-corrected chi connectivity index (χ4v) is 8.78. The van der Waals surface area contributed by atoms with Crippen molar-refractivity contribution in [2.24, 2.45) is 0 Å². The quantitative estimate of drug-likeness (QED) is 0.106. The molecule has 0 atom stereocenters. The third kappa shape index (κ3) is 7.94. The van der Waals surface area contributed by atoms with Gasteiger partial charge in [-0.3, -0.25) is 4.98 Å². The Bertz CT molecular complexity index is 2730. The van der Waals surface area contributed by atoms with E-state index < -0.39 is 5.41 Å². The van der Waals surface area contributed by atoms with Crippen LogP contribution in [0.5, 0.6) is 11.5 Å². The van der Waals surface area contributed by atoms with E-state index in [0.29, 0.717) is 11.5 Å². The molecule has 2 heterocycles. The summed E-state index contributed by atoms with van der Waals surface area (Å²) in [5.74, 6) is 1.18. The number of rotatable bonds is 9. The maximum absolute atomic E-state index is 6.72. The number of anilines is 4. The Morgan fingerprint density at radius 1 is 0.541 bits per heavy atom. The molecule has 7 aromatic carbocycles. The van der Waals surface area contributed by atoms with Crippen LogP contribution in [0.15, 0.2) is 176 Å². The average molecular weight is 974 g/mol. The van der Waals surface area contributed by atoms with Gasteiger partial charge in [0.1, 0.15) is 0 Å². The van der Waals surface area contributed by atoms with Crippen LogP contribution < -0.4 is 14.5 Å². The Balaban J connectivity index is 0.00000514. The topological polar surface area (TPSA) is 28.6 Å². The zero-order valence-electron chi connectivity index (χ0n) is 35.4. The molecule has 1 aromatic heterocycles. The molecule has 1 aliphatic heterocycles. The molecule has 1 aliphatic rings. The smallest absolute Gasteiger partial charge is 0.0652 e. The number of aryl methyl sites for hydroxylation is 3. The molecule has 0 saturated heterocycles. The molecule has 0 radical (unpaired) electrons. The number of benzene rings is 7. The van der Waals surface area contributed by atoms with Crippen molar-refractivity contribution in [3.05, 3.63) is 239 Å². The van der Waals surface area contributed by atoms with Crippen molar-refractivity contribution in [1.82, 2.24) is 4.98 Å². The minimum Gasteiger partial charge on any atom is -0.509 e. The van der Waals surface area contributed by atoms with E-state index in [1.165, 1.54) is 27.9 Å². The first-order chi connectivity index (χ1) is 29.1. The van der Waals surface area contributed by atoms with Gasteiger partial charge in [0.05, 0.1) is 11.1 Å². The van der Waals surface area contributed by atoms with Crippen molar-refractivity contribution in [2.45, 2.75) is 52.4 Å². The molecule has 61 heavy (non-hydrogen) atoms. The van der Waals surface area contributed by atoms with Gasteiger partial charge < -0.3 is 14.5 Å². The van der Waals surface area contributed by atoms with Crippen LogP contribution in [0.4, 0.5) is 22.7 Å². The van der Waals surface area contributed by atoms with E-state index in [-0.39, 0.29) is 26.5 Å². The second-order valence-corrected chi connectivity index (χ2v) is 16.8. The molecule has 9 rings (SSSR count). The van der Waals surface area contributed by atoms with Gasteiger partial charge in [-0.1, -0.05) is 136 Å². The van der Waals surface area contributed by atoms with Crippen LogP contribution >= 0.6 is 0 Å². The average Bonchev–Trinajstić information content (AvgIpc) is 3.64. The summed E-state index contributed by atoms with van der Waals surface area (Å²) in [7, 11) is 0. The molecule has 5 heteroatoms. The number of pyridine rings is 1. The van der Waals surface area contributed by atoms with Gasteiger partial charge in [-0.05, 0) is 89.4 Å². The van der Waals surface area contributed by atoms with E-state index in [1.54, 1.807) is 0 Å². The van der Waals surface area contributed by atoms with Gasteiger partial charge in [-0.2, -0.15) is 18.2 Å². The minimum atomic E-state index is -0.821. The Morgan fingerprint density at radius 3 is 1.74 bits per heavy atom. The second-order valence-electron chi connectivity index (χ2n) is 16.8. The van der Waals surface area contributed by atoms with Crippen LogP contribution in [0.1, 0.15) is 65.4 Å². The number of fused-ring (bicyclic) bond motifs is 1. The zero-order chi connectivity index (χ0) is 41.4. The van der Waals surface area contributed by atoms with E-state index in [4.69, 9.17) is 9.72 Å². The normalized spacial score (nSPS) is 12.5. The van der Waals surface area contributed by atoms with E-state index in [9.17, 15) is 0 Å². The summed E-state index contributed by atoms with van der Waals surface area (Å²) in [5.41, 5.74) is 14.7. The number of para-hydroxylation sites is 2. The molecule has 0 amide bonds. The summed E-state index contributed by atoms with van der Waals surface area (Å²) >= 11 is 0. The Hall–Kier alpha value is -6.22. The zero-order valence-corrected chi connectivity index (χ0v) is 37.7. The summed E-state index contributed by atoms with van der Waals surface area (Å²) in [4.78, 5) is 9.65. The van der Waals surface area contributed by atoms with Crippen molar-refractivity contribution >= 4 is 22.7 Å². The summed E-state index contributed by atoms with van der Waals surface area (Å²) in [6.07, 6.45) is 1.93. The van der Waals surface area contributed by atoms with Gasteiger partial charge >= 0.3 is 0 Å². The molecule has 0 fully saturated rings. The standard InChI is InChI=1S/C56H48N3O.Pt/c1-39-33-40(2)54(41(3)34-39)59-38-58(51-25-13-14-26-52(51)59)48-22-16-24-50(37-48)60-49-23-15-21-47(36-49)56(45-17-9-7-10-18-45,46-19-11-8-12-20-46)53-35-43(31-32-57-53)42-27-29-44(30-28-42)55(4,5)6;/h7-35,38H,1-6H3;/q-3;. The molecule has 306 valence electrons. The van der Waals surface area contributed by atoms with E-state index in [0.717, 1.165) is 50.6 Å². The molecule has 0 aliphatic carbocycles. The first-order valence-electron chi connectivity index (χ1n) is 20.6. The molecule has 0 spiro atoms. The van der Waals surface area contributed by atoms with Gasteiger partial charge in [-0.25, -0.2) is 0 Å². The van der Waals surface area contributed by atoms with Crippen molar-refractivity contribution in [3.8, 4) is 22.6 Å². The fraction of sp³-hybridized carbons (Fsp3) is 0.143. The largest absolute Gasteiger partial charge is 0.509 e. The van der Waals surface area contributed by atoms with Crippen molar-refractivity contribution < 1.29 is 25.8 Å². The SMILES string of the molecule is Cc1cc(C)c(N2[CH-]N(c3[c-]c(Oc4[c-]c(C(c5ccccc5)(c5ccccc5)c5cc(-c6ccc(C(C)(C)C)cc6)ccn5)ccc4)ccc3)c3ccccc32)c(C)c1.[Pt]. The molecule has 0 bridgehead atoms. The molecular formula is C56H48N3OPt-3. The van der Waals surface area contributed by atoms with Crippen molar-refractivity contribution in [3.63, 3.8) is 0 Å². The Morgan fingerprint density at radius 2 is 1.11 bits per heavy atom. The van der Waals surface area contributed by atoms with Gasteiger partial charge in [0.2, 0.25) is 0 Å². The Labute approximate surface area is 375 Å². The molecular weight excluding hydrogens is 926 g/mol. The number of aromatic nitrogens is 1. The molecule has 8 aromatic rings. The summed E-state index contributed by atoms with van der Waals surface area (Å²) in [6, 6.07) is 67.0. The maximum Gasteiger partial charge on any atom is 0.0652 e. The van der Waals surface area contributed by atoms with Gasteiger partial charge in [-0.15, -0.1) is 48.3 Å². The predicted octanol–water partition coefficient (Wildman–Crippen LogP) is 14.2. The summed E-state index contributed by atoms with van der Waals surface area (Å²) < 4.78 is 6.72. The van der Waals surface area contributed by atoms with E-state index in [1.807, 2.05) is 24.4 Å². The van der Waals surface area contributed by atoms with Crippen LogP contribution in [0.25, 0.3) is 11.1 Å². The predicted molar refractivity (Wildman–Crippen MR) is 247 cm³/mol. The summed E-state index contributed by atoms with van der Waals surface area (Å²) in [5, 5.41) is 0. The number of nitrogens with zero attached hydrogens (tertiary/aromatic N) is 3. The molecule has 0 saturated carbocycles. The van der Waals surface area contributed by atoms with Gasteiger partial charge in [0, 0.05) is 55.8 Å². The Kier molecular flexibility index (Phi) is 11.6. The van der Waals surface area contributed by atoms with Crippen LogP contribution in [-0.2, 0) is 31.9 Å². The van der Waals surface area contributed by atoms with Crippen LogP contribution in [-0.4, -0.2) is 4.98 Å². The number of hydrogen-bond acceptors (Lipinski definition) is 4. The minimum absolute atomic E-state index is 0. The fourth-order valence-electron chi connectivity index (χ4n) is 8.78. The maximum atomic E-state index is 6.72. The third-order valence-corrected chi connectivity index (χ3v) is 11.6. The summed E-state index contributed by atoms with van der Waals surface area (Å²) in [6.45, 7) is 15.4. The van der Waals surface area contributed by atoms with Gasteiger partial charge in [0.15, 0.2) is 0 Å². The first kappa shape index (κ1) is 41.5. The monoisotopic (exact) mass is 973 g/mol. The van der Waals surface area contributed by atoms with E-state index >= 15 is 0 Å². The molecule has 0 unspecified atom stereocenters. The van der Waals surface area contributed by atoms with E-state index in [2.05, 4.69) is 222 Å². The molecule has 0 N–H and O–H groups in total. The van der Waals surface area contributed by atoms with Crippen LogP contribution in [0.2, 0.25) is 0 Å². The number of ether oxygens (including phenoxy) is 1. The molecule has 4 nitrogen and oxygen atoms in total. The van der Waals surface area contributed by atoms with Crippen LogP contribution in [0.3, 0.4) is 0 Å². The van der Waals surface area contributed by atoms with Gasteiger partial charge in [0.25, 0.3) is 0 Å². The van der Waals surface area contributed by atoms with Crippen molar-refractivity contribution in [1.29, 1.82) is 0 Å². The second kappa shape index (κ2) is 17.0. The number of hydrogen-bond donors (Lipinski definition) is 0. The third-order valence-electron chi connectivity index (χ3n) is 11.6. The van der Waals surface area contributed by atoms with Crippen molar-refractivity contribution in [2.75, 3.05) is 9.80 Å². The first-order valence-corrected chi connectivity index (χ1v) is 20.6. The van der Waals surface area contributed by atoms with Crippen LogP contribution in [0, 0.1) is 39.6 Å².